The van der Waals surface area contributed by atoms with Crippen LogP contribution in [0.3, 0.4) is 0 Å². The van der Waals surface area contributed by atoms with Crippen LogP contribution in [-0.2, 0) is 6.42 Å². The number of hydrogen-bond donors (Lipinski definition) is 0. The minimum atomic E-state index is -0.263. The molecule has 0 saturated heterocycles. The lowest BCUT2D eigenvalue weighted by molar-refractivity contribution is 0.0672. The second kappa shape index (κ2) is 8.03. The molecule has 0 bridgehead atoms. The van der Waals surface area contributed by atoms with Gasteiger partial charge >= 0.3 is 0 Å². The molecule has 6 heteroatoms. The molecule has 1 aliphatic carbocycles. The molecule has 1 fully saturated rings. The Labute approximate surface area is 204 Å². The monoisotopic (exact) mass is 520 g/mol. The van der Waals surface area contributed by atoms with Crippen molar-refractivity contribution in [2.75, 3.05) is 6.54 Å². The number of halogens is 2. The number of fused-ring (bicyclic) bond motifs is 2. The third-order valence-corrected chi connectivity index (χ3v) is 8.38. The van der Waals surface area contributed by atoms with E-state index in [1.54, 1.807) is 6.07 Å². The van der Waals surface area contributed by atoms with Crippen molar-refractivity contribution in [3.05, 3.63) is 87.3 Å². The van der Waals surface area contributed by atoms with E-state index in [4.69, 9.17) is 4.98 Å². The zero-order valence-corrected chi connectivity index (χ0v) is 20.5. The van der Waals surface area contributed by atoms with E-state index in [1.807, 2.05) is 29.2 Å². The Morgan fingerprint density at radius 2 is 1.94 bits per heavy atom. The number of thiophene rings is 1. The Morgan fingerprint density at radius 3 is 2.73 bits per heavy atom. The van der Waals surface area contributed by atoms with Crippen molar-refractivity contribution in [3.8, 4) is 10.4 Å². The molecule has 0 N–H and O–H groups in total. The zero-order valence-electron chi connectivity index (χ0n) is 18.1. The van der Waals surface area contributed by atoms with Crippen LogP contribution in [0.1, 0.15) is 58.9 Å². The van der Waals surface area contributed by atoms with Gasteiger partial charge in [0.25, 0.3) is 5.91 Å². The lowest BCUT2D eigenvalue weighted by atomic mass is 9.93. The van der Waals surface area contributed by atoms with Gasteiger partial charge in [0.15, 0.2) is 0 Å². The summed E-state index contributed by atoms with van der Waals surface area (Å²) in [6, 6.07) is 17.5. The van der Waals surface area contributed by atoms with Crippen LogP contribution < -0.4 is 0 Å². The molecule has 0 spiro atoms. The molecule has 2 aromatic carbocycles. The molecule has 166 valence electrons. The van der Waals surface area contributed by atoms with Crippen LogP contribution >= 0.6 is 27.3 Å². The molecule has 1 amide bonds. The molecule has 0 unspecified atom stereocenters. The van der Waals surface area contributed by atoms with Crippen LogP contribution in [0.5, 0.6) is 0 Å². The average Bonchev–Trinajstić information content (AvgIpc) is 3.57. The van der Waals surface area contributed by atoms with E-state index in [0.717, 1.165) is 34.4 Å². The third-order valence-electron chi connectivity index (χ3n) is 6.83. The third kappa shape index (κ3) is 3.69. The summed E-state index contributed by atoms with van der Waals surface area (Å²) in [5, 5.41) is 1.05. The minimum absolute atomic E-state index is 0.0140. The number of pyridine rings is 1. The predicted octanol–water partition coefficient (Wildman–Crippen LogP) is 7.50. The van der Waals surface area contributed by atoms with Gasteiger partial charge in [-0.1, -0.05) is 40.2 Å². The van der Waals surface area contributed by atoms with E-state index in [0.29, 0.717) is 28.2 Å². The highest BCUT2D eigenvalue weighted by Crippen LogP contribution is 2.46. The number of carbonyl (C=O) groups is 1. The van der Waals surface area contributed by atoms with Gasteiger partial charge in [0.1, 0.15) is 16.3 Å². The van der Waals surface area contributed by atoms with Crippen molar-refractivity contribution in [1.29, 1.82) is 0 Å². The van der Waals surface area contributed by atoms with Crippen LogP contribution in [0, 0.1) is 5.82 Å². The highest BCUT2D eigenvalue weighted by molar-refractivity contribution is 9.10. The van der Waals surface area contributed by atoms with Crippen LogP contribution in [0.15, 0.2) is 59.1 Å². The largest absolute Gasteiger partial charge is 0.330 e. The van der Waals surface area contributed by atoms with Gasteiger partial charge in [0.05, 0.1) is 6.04 Å². The first-order valence-corrected chi connectivity index (χ1v) is 12.9. The Kier molecular flexibility index (Phi) is 5.11. The van der Waals surface area contributed by atoms with Crippen molar-refractivity contribution in [3.63, 3.8) is 0 Å². The molecule has 3 heterocycles. The van der Waals surface area contributed by atoms with Gasteiger partial charge < -0.3 is 4.90 Å². The first-order valence-electron chi connectivity index (χ1n) is 11.3. The van der Waals surface area contributed by atoms with Gasteiger partial charge in [0, 0.05) is 26.8 Å². The number of benzene rings is 2. The second-order valence-corrected chi connectivity index (χ2v) is 10.9. The highest BCUT2D eigenvalue weighted by atomic mass is 79.9. The summed E-state index contributed by atoms with van der Waals surface area (Å²) in [5.41, 5.74) is 4.77. The summed E-state index contributed by atoms with van der Waals surface area (Å²) >= 11 is 4.79. The second-order valence-electron chi connectivity index (χ2n) is 8.95. The quantitative estimate of drug-likeness (QED) is 0.280. The molecular weight excluding hydrogens is 499 g/mol. The van der Waals surface area contributed by atoms with E-state index < -0.39 is 0 Å². The van der Waals surface area contributed by atoms with Crippen LogP contribution in [0.25, 0.3) is 20.7 Å². The number of nitrogens with zero attached hydrogens (tertiary/aromatic N) is 2. The average molecular weight is 521 g/mol. The molecule has 2 aliphatic rings. The SMILES string of the molecule is C[C@@H]1c2ccccc2CCN1C(=O)c1cc(C2CC2)c2cc(-c3ccc(Br)cc3F)sc2n1. The lowest BCUT2D eigenvalue weighted by Gasteiger charge is -2.35. The lowest BCUT2D eigenvalue weighted by Crippen LogP contribution is -2.39. The molecule has 1 aliphatic heterocycles. The summed E-state index contributed by atoms with van der Waals surface area (Å²) in [6.07, 6.45) is 3.10. The van der Waals surface area contributed by atoms with E-state index in [2.05, 4.69) is 41.1 Å². The Hall–Kier alpha value is -2.57. The number of amides is 1. The fourth-order valence-corrected chi connectivity index (χ4v) is 6.32. The van der Waals surface area contributed by atoms with Crippen molar-refractivity contribution in [2.45, 2.75) is 38.1 Å². The molecule has 1 atom stereocenters. The molecule has 3 nitrogen and oxygen atoms in total. The van der Waals surface area contributed by atoms with Crippen molar-refractivity contribution >= 4 is 43.4 Å². The molecule has 4 aromatic rings. The summed E-state index contributed by atoms with van der Waals surface area (Å²) in [5.74, 6) is 0.172. The van der Waals surface area contributed by atoms with Crippen molar-refractivity contribution < 1.29 is 9.18 Å². The van der Waals surface area contributed by atoms with E-state index >= 15 is 0 Å². The fourth-order valence-electron chi connectivity index (χ4n) is 4.90. The van der Waals surface area contributed by atoms with Gasteiger partial charge in [-0.15, -0.1) is 11.3 Å². The van der Waals surface area contributed by atoms with Crippen molar-refractivity contribution in [1.82, 2.24) is 9.88 Å². The van der Waals surface area contributed by atoms with Crippen LogP contribution in [0.4, 0.5) is 4.39 Å². The summed E-state index contributed by atoms with van der Waals surface area (Å²) < 4.78 is 15.4. The zero-order chi connectivity index (χ0) is 22.7. The molecule has 0 radical (unpaired) electrons. The fraction of sp³-hybridized carbons (Fsp3) is 0.259. The topological polar surface area (TPSA) is 33.2 Å². The van der Waals surface area contributed by atoms with Gasteiger partial charge in [0.2, 0.25) is 0 Å². The summed E-state index contributed by atoms with van der Waals surface area (Å²) in [6.45, 7) is 2.78. The van der Waals surface area contributed by atoms with Gasteiger partial charge in [-0.05, 0) is 79.1 Å². The standard InChI is InChI=1S/C27H22BrFN2OS/c1-15-19-5-3-2-4-16(19)10-11-31(15)27(32)24-13-21(17-6-7-17)22-14-25(33-26(22)30-24)20-9-8-18(28)12-23(20)29/h2-5,8-9,12-15,17H,6-7,10-11H2,1H3/t15-/m1/s1. The Balaban J connectivity index is 1.41. The van der Waals surface area contributed by atoms with Crippen LogP contribution in [-0.4, -0.2) is 22.3 Å². The Morgan fingerprint density at radius 1 is 1.12 bits per heavy atom. The minimum Gasteiger partial charge on any atom is -0.330 e. The maximum absolute atomic E-state index is 14.6. The number of rotatable bonds is 3. The van der Waals surface area contributed by atoms with Gasteiger partial charge in [-0.2, -0.15) is 0 Å². The predicted molar refractivity (Wildman–Crippen MR) is 134 cm³/mol. The first kappa shape index (κ1) is 21.0. The molecule has 2 aromatic heterocycles. The van der Waals surface area contributed by atoms with E-state index in [9.17, 15) is 9.18 Å². The van der Waals surface area contributed by atoms with Crippen LogP contribution in [0.2, 0.25) is 0 Å². The molecule has 1 saturated carbocycles. The van der Waals surface area contributed by atoms with E-state index in [1.165, 1.54) is 34.1 Å². The number of aromatic nitrogens is 1. The van der Waals surface area contributed by atoms with Crippen molar-refractivity contribution in [2.24, 2.45) is 0 Å². The molecule has 6 rings (SSSR count). The highest BCUT2D eigenvalue weighted by Gasteiger charge is 2.32. The smallest absolute Gasteiger partial charge is 0.273 e. The summed E-state index contributed by atoms with van der Waals surface area (Å²) in [7, 11) is 0. The first-order chi connectivity index (χ1) is 16.0. The summed E-state index contributed by atoms with van der Waals surface area (Å²) in [4.78, 5) is 22.0. The van der Waals surface area contributed by atoms with Gasteiger partial charge in [-0.3, -0.25) is 4.79 Å². The van der Waals surface area contributed by atoms with Gasteiger partial charge in [-0.25, -0.2) is 9.37 Å². The Bertz CT molecular complexity index is 1410. The van der Waals surface area contributed by atoms with E-state index in [-0.39, 0.29) is 17.8 Å². The molecular formula is C27H22BrFN2OS. The number of carbonyl (C=O) groups excluding carboxylic acids is 1. The normalized spacial score (nSPS) is 17.9. The maximum atomic E-state index is 14.6. The maximum Gasteiger partial charge on any atom is 0.273 e. The number of hydrogen-bond acceptors (Lipinski definition) is 3. The molecule has 33 heavy (non-hydrogen) atoms.